The van der Waals surface area contributed by atoms with E-state index in [0.717, 1.165) is 4.88 Å². The normalized spacial score (nSPS) is 25.1. The SMILES string of the molecule is CC1(C)CC(C(=O)NOCC(N)c2cccs2)N2CC1N(OS(=O)(=O)O)C2=O. The number of carbonyl (C=O) groups excluding carboxylic acids is 2. The van der Waals surface area contributed by atoms with Crippen molar-refractivity contribution in [2.45, 2.75) is 38.4 Å². The van der Waals surface area contributed by atoms with Gasteiger partial charge in [0.1, 0.15) is 6.04 Å². The van der Waals surface area contributed by atoms with Gasteiger partial charge in [0.25, 0.3) is 5.91 Å². The van der Waals surface area contributed by atoms with Crippen LogP contribution in [0.3, 0.4) is 0 Å². The maximum absolute atomic E-state index is 12.6. The Morgan fingerprint density at radius 3 is 2.86 bits per heavy atom. The van der Waals surface area contributed by atoms with Crippen molar-refractivity contribution >= 4 is 33.7 Å². The first-order valence-electron chi connectivity index (χ1n) is 8.47. The highest BCUT2D eigenvalue weighted by Gasteiger charge is 2.56. The number of hydrogen-bond donors (Lipinski definition) is 3. The Balaban J connectivity index is 1.64. The van der Waals surface area contributed by atoms with E-state index in [1.165, 1.54) is 16.2 Å². The summed E-state index contributed by atoms with van der Waals surface area (Å²) < 4.78 is 35.5. The lowest BCUT2D eigenvalue weighted by Gasteiger charge is -2.40. The van der Waals surface area contributed by atoms with Crippen molar-refractivity contribution in [3.05, 3.63) is 22.4 Å². The molecule has 0 saturated carbocycles. The fourth-order valence-corrected chi connectivity index (χ4v) is 4.53. The Morgan fingerprint density at radius 2 is 2.25 bits per heavy atom. The summed E-state index contributed by atoms with van der Waals surface area (Å²) in [7, 11) is -4.87. The number of nitrogens with zero attached hydrogens (tertiary/aromatic N) is 2. The second kappa shape index (κ2) is 7.57. The number of rotatable bonds is 7. The number of fused-ring (bicyclic) bond motifs is 2. The summed E-state index contributed by atoms with van der Waals surface area (Å²) in [5, 5.41) is 2.49. The second-order valence-corrected chi connectivity index (χ2v) is 9.37. The maximum atomic E-state index is 12.6. The number of piperidine rings is 1. The fourth-order valence-electron chi connectivity index (χ4n) is 3.44. The molecule has 0 spiro atoms. The first kappa shape index (κ1) is 21.0. The van der Waals surface area contributed by atoms with Crippen LogP contribution in [0.1, 0.15) is 31.2 Å². The molecule has 28 heavy (non-hydrogen) atoms. The zero-order valence-electron chi connectivity index (χ0n) is 15.3. The predicted octanol–water partition coefficient (Wildman–Crippen LogP) is 0.435. The van der Waals surface area contributed by atoms with Gasteiger partial charge in [-0.05, 0) is 23.3 Å². The summed E-state index contributed by atoms with van der Waals surface area (Å²) in [6.45, 7) is 3.69. The molecule has 1 aromatic heterocycles. The zero-order valence-corrected chi connectivity index (χ0v) is 16.9. The van der Waals surface area contributed by atoms with Crippen molar-refractivity contribution in [2.75, 3.05) is 13.2 Å². The number of carbonyl (C=O) groups is 2. The standard InChI is InChI=1S/C15H22N4O7S2/c1-15(2)6-10(13(20)17-25-8-9(16)11-4-3-5-27-11)18-7-12(15)19(14(18)21)26-28(22,23)24/h3-5,9-10,12H,6-8,16H2,1-2H3,(H,17,20)(H,22,23,24). The summed E-state index contributed by atoms with van der Waals surface area (Å²) in [4.78, 5) is 32.4. The summed E-state index contributed by atoms with van der Waals surface area (Å²) in [6, 6.07) is 0.976. The largest absolute Gasteiger partial charge is 0.418 e. The average molecular weight is 434 g/mol. The van der Waals surface area contributed by atoms with E-state index in [1.54, 1.807) is 13.8 Å². The molecule has 156 valence electrons. The molecule has 0 radical (unpaired) electrons. The Bertz CT molecular complexity index is 843. The predicted molar refractivity (Wildman–Crippen MR) is 97.9 cm³/mol. The van der Waals surface area contributed by atoms with Gasteiger partial charge in [-0.1, -0.05) is 19.9 Å². The van der Waals surface area contributed by atoms with Crippen LogP contribution in [0, 0.1) is 5.41 Å². The van der Waals surface area contributed by atoms with Crippen molar-refractivity contribution in [3.8, 4) is 0 Å². The lowest BCUT2D eigenvalue weighted by molar-refractivity contribution is -0.141. The van der Waals surface area contributed by atoms with Gasteiger partial charge in [-0.15, -0.1) is 15.6 Å². The van der Waals surface area contributed by atoms with Crippen molar-refractivity contribution in [2.24, 2.45) is 11.1 Å². The monoisotopic (exact) mass is 434 g/mol. The minimum atomic E-state index is -4.87. The van der Waals surface area contributed by atoms with Crippen molar-refractivity contribution < 1.29 is 31.7 Å². The molecule has 2 saturated heterocycles. The van der Waals surface area contributed by atoms with Gasteiger partial charge in [-0.25, -0.2) is 10.3 Å². The average Bonchev–Trinajstić information content (AvgIpc) is 3.20. The highest BCUT2D eigenvalue weighted by Crippen LogP contribution is 2.42. The maximum Gasteiger partial charge on any atom is 0.418 e. The molecule has 11 nitrogen and oxygen atoms in total. The van der Waals surface area contributed by atoms with Gasteiger partial charge >= 0.3 is 16.4 Å². The van der Waals surface area contributed by atoms with Gasteiger partial charge in [0.05, 0.1) is 18.7 Å². The summed E-state index contributed by atoms with van der Waals surface area (Å²) in [6.07, 6.45) is 0.251. The Labute approximate surface area is 166 Å². The third-order valence-electron chi connectivity index (χ3n) is 4.91. The Kier molecular flexibility index (Phi) is 5.67. The molecule has 13 heteroatoms. The molecule has 0 aliphatic carbocycles. The van der Waals surface area contributed by atoms with Gasteiger partial charge in [-0.2, -0.15) is 13.5 Å². The third kappa shape index (κ3) is 4.29. The molecule has 0 aromatic carbocycles. The highest BCUT2D eigenvalue weighted by molar-refractivity contribution is 7.80. The van der Waals surface area contributed by atoms with Crippen molar-refractivity contribution in [1.29, 1.82) is 0 Å². The van der Waals surface area contributed by atoms with Crippen LogP contribution in [0.15, 0.2) is 17.5 Å². The molecule has 3 amide bonds. The molecule has 1 aromatic rings. The minimum absolute atomic E-state index is 0.0525. The fraction of sp³-hybridized carbons (Fsp3) is 0.600. The van der Waals surface area contributed by atoms with E-state index in [4.69, 9.17) is 15.1 Å². The second-order valence-electron chi connectivity index (χ2n) is 7.39. The number of urea groups is 1. The van der Waals surface area contributed by atoms with E-state index < -0.39 is 45.9 Å². The molecular formula is C15H22N4O7S2. The third-order valence-corrected chi connectivity index (χ3v) is 6.26. The quantitative estimate of drug-likeness (QED) is 0.413. The first-order chi connectivity index (χ1) is 13.0. The minimum Gasteiger partial charge on any atom is -0.321 e. The van der Waals surface area contributed by atoms with Crippen LogP contribution in [0.2, 0.25) is 0 Å². The molecule has 3 heterocycles. The molecular weight excluding hydrogens is 412 g/mol. The first-order valence-corrected chi connectivity index (χ1v) is 10.7. The number of hydroxylamine groups is 3. The van der Waals surface area contributed by atoms with Gasteiger partial charge in [0.15, 0.2) is 0 Å². The summed E-state index contributed by atoms with van der Waals surface area (Å²) in [5.74, 6) is -0.549. The molecule has 3 rings (SSSR count). The number of nitrogens with one attached hydrogen (secondary N) is 1. The van der Waals surface area contributed by atoms with Crippen LogP contribution in [-0.4, -0.2) is 60.1 Å². The van der Waals surface area contributed by atoms with Gasteiger partial charge in [0, 0.05) is 11.4 Å². The molecule has 2 bridgehead atoms. The van der Waals surface area contributed by atoms with E-state index in [1.807, 2.05) is 17.5 Å². The van der Waals surface area contributed by atoms with Gasteiger partial charge in [-0.3, -0.25) is 14.2 Å². The van der Waals surface area contributed by atoms with Crippen LogP contribution in [-0.2, 0) is 24.3 Å². The highest BCUT2D eigenvalue weighted by atomic mass is 32.3. The number of hydrogen-bond acceptors (Lipinski definition) is 8. The zero-order chi connectivity index (χ0) is 20.7. The molecule has 3 unspecified atom stereocenters. The number of thiophene rings is 1. The lowest BCUT2D eigenvalue weighted by Crippen LogP contribution is -2.54. The van der Waals surface area contributed by atoms with Crippen LogP contribution >= 0.6 is 11.3 Å². The van der Waals surface area contributed by atoms with Crippen LogP contribution in [0.5, 0.6) is 0 Å². The Hall–Kier alpha value is -1.77. The molecule has 2 fully saturated rings. The van der Waals surface area contributed by atoms with Crippen LogP contribution in [0.25, 0.3) is 0 Å². The Morgan fingerprint density at radius 1 is 1.54 bits per heavy atom. The summed E-state index contributed by atoms with van der Waals surface area (Å²) >= 11 is 1.47. The van der Waals surface area contributed by atoms with E-state index in [0.29, 0.717) is 5.06 Å². The van der Waals surface area contributed by atoms with Crippen molar-refractivity contribution in [3.63, 3.8) is 0 Å². The topological polar surface area (TPSA) is 151 Å². The van der Waals surface area contributed by atoms with Gasteiger partial charge < -0.3 is 10.6 Å². The van der Waals surface area contributed by atoms with Crippen LogP contribution in [0.4, 0.5) is 4.79 Å². The molecule has 2 aliphatic heterocycles. The van der Waals surface area contributed by atoms with E-state index >= 15 is 0 Å². The van der Waals surface area contributed by atoms with Crippen LogP contribution < -0.4 is 11.2 Å². The van der Waals surface area contributed by atoms with E-state index in [2.05, 4.69) is 9.76 Å². The molecule has 2 aliphatic rings. The summed E-state index contributed by atoms with van der Waals surface area (Å²) in [5.41, 5.74) is 7.64. The van der Waals surface area contributed by atoms with E-state index in [9.17, 15) is 18.0 Å². The van der Waals surface area contributed by atoms with Crippen molar-refractivity contribution in [1.82, 2.24) is 15.4 Å². The van der Waals surface area contributed by atoms with Gasteiger partial charge in [0.2, 0.25) is 0 Å². The smallest absolute Gasteiger partial charge is 0.321 e. The number of amides is 3. The number of nitrogens with two attached hydrogens (primary N) is 1. The molecule has 3 atom stereocenters. The molecule has 4 N–H and O–H groups in total. The lowest BCUT2D eigenvalue weighted by atomic mass is 9.76. The van der Waals surface area contributed by atoms with E-state index in [-0.39, 0.29) is 19.6 Å².